The van der Waals surface area contributed by atoms with Gasteiger partial charge >= 0.3 is 5.97 Å². The van der Waals surface area contributed by atoms with E-state index in [9.17, 15) is 9.59 Å². The first-order chi connectivity index (χ1) is 13.3. The maximum atomic E-state index is 13.0. The third-order valence-corrected chi connectivity index (χ3v) is 5.47. The minimum absolute atomic E-state index is 0.148. The molecule has 0 unspecified atom stereocenters. The fourth-order valence-electron chi connectivity index (χ4n) is 3.80. The van der Waals surface area contributed by atoms with Crippen LogP contribution in [0.5, 0.6) is 0 Å². The quantitative estimate of drug-likeness (QED) is 0.632. The number of esters is 1. The molecule has 1 amide bonds. The van der Waals surface area contributed by atoms with Gasteiger partial charge in [0.25, 0.3) is 5.91 Å². The standard InChI is InChI=1S/C23H28N2O3/c1-5-12-24-20(26)14-28-22(27)21-16-8-6-7-9-18(16)25-19-11-10-15(13-17(19)21)23(2,3)4/h5-9,15H,1,10-14H2,2-4H3,(H,24,26)/t15-/m0/s1. The van der Waals surface area contributed by atoms with Gasteiger partial charge in [-0.1, -0.05) is 45.0 Å². The molecule has 3 rings (SSSR count). The van der Waals surface area contributed by atoms with Crippen LogP contribution in [0.2, 0.25) is 0 Å². The van der Waals surface area contributed by atoms with Crippen LogP contribution in [-0.2, 0) is 22.4 Å². The lowest BCUT2D eigenvalue weighted by Crippen LogP contribution is -2.31. The maximum absolute atomic E-state index is 13.0. The summed E-state index contributed by atoms with van der Waals surface area (Å²) in [7, 11) is 0. The number of hydrogen-bond donors (Lipinski definition) is 1. The molecular formula is C23H28N2O3. The van der Waals surface area contributed by atoms with Crippen LogP contribution in [0.1, 0.15) is 48.8 Å². The second-order valence-electron chi connectivity index (χ2n) is 8.40. The average molecular weight is 380 g/mol. The topological polar surface area (TPSA) is 68.3 Å². The molecule has 5 nitrogen and oxygen atoms in total. The maximum Gasteiger partial charge on any atom is 0.339 e. The molecule has 148 valence electrons. The number of nitrogens with one attached hydrogen (secondary N) is 1. The Hall–Kier alpha value is -2.69. The van der Waals surface area contributed by atoms with Gasteiger partial charge < -0.3 is 10.1 Å². The molecular weight excluding hydrogens is 352 g/mol. The molecule has 0 saturated heterocycles. The number of pyridine rings is 1. The Bertz CT molecular complexity index is 912. The summed E-state index contributed by atoms with van der Waals surface area (Å²) in [6, 6.07) is 7.63. The summed E-state index contributed by atoms with van der Waals surface area (Å²) in [6.45, 7) is 10.3. The van der Waals surface area contributed by atoms with Crippen LogP contribution in [0.15, 0.2) is 36.9 Å². The molecule has 0 bridgehead atoms. The van der Waals surface area contributed by atoms with Crippen LogP contribution in [0.25, 0.3) is 10.9 Å². The predicted molar refractivity (Wildman–Crippen MR) is 110 cm³/mol. The largest absolute Gasteiger partial charge is 0.452 e. The lowest BCUT2D eigenvalue weighted by atomic mass is 9.70. The lowest BCUT2D eigenvalue weighted by molar-refractivity contribution is -0.124. The molecule has 0 aliphatic heterocycles. The highest BCUT2D eigenvalue weighted by Crippen LogP contribution is 2.39. The number of fused-ring (bicyclic) bond motifs is 2. The summed E-state index contributed by atoms with van der Waals surface area (Å²) in [5, 5.41) is 3.40. The number of aromatic nitrogens is 1. The fraction of sp³-hybridized carbons (Fsp3) is 0.435. The first-order valence-corrected chi connectivity index (χ1v) is 9.76. The van der Waals surface area contributed by atoms with E-state index in [1.54, 1.807) is 6.08 Å². The van der Waals surface area contributed by atoms with Crippen molar-refractivity contribution in [1.82, 2.24) is 10.3 Å². The van der Waals surface area contributed by atoms with E-state index in [0.717, 1.165) is 41.4 Å². The minimum Gasteiger partial charge on any atom is -0.452 e. The molecule has 1 atom stereocenters. The monoisotopic (exact) mass is 380 g/mol. The van der Waals surface area contributed by atoms with Crippen molar-refractivity contribution in [2.75, 3.05) is 13.2 Å². The van der Waals surface area contributed by atoms with Gasteiger partial charge in [0.1, 0.15) is 0 Å². The highest BCUT2D eigenvalue weighted by Gasteiger charge is 2.33. The van der Waals surface area contributed by atoms with Gasteiger partial charge in [-0.25, -0.2) is 4.79 Å². The number of ether oxygens (including phenoxy) is 1. The first-order valence-electron chi connectivity index (χ1n) is 9.76. The molecule has 0 spiro atoms. The summed E-state index contributed by atoms with van der Waals surface area (Å²) in [5.41, 5.74) is 3.45. The number of nitrogens with zero attached hydrogens (tertiary/aromatic N) is 1. The third kappa shape index (κ3) is 4.24. The van der Waals surface area contributed by atoms with Crippen LogP contribution in [0.4, 0.5) is 0 Å². The molecule has 1 aliphatic rings. The summed E-state index contributed by atoms with van der Waals surface area (Å²) in [4.78, 5) is 29.7. The third-order valence-electron chi connectivity index (χ3n) is 5.47. The Kier molecular flexibility index (Phi) is 5.82. The smallest absolute Gasteiger partial charge is 0.339 e. The van der Waals surface area contributed by atoms with Gasteiger partial charge in [-0.05, 0) is 42.2 Å². The van der Waals surface area contributed by atoms with Crippen molar-refractivity contribution in [2.45, 2.75) is 40.0 Å². The zero-order valence-electron chi connectivity index (χ0n) is 16.9. The van der Waals surface area contributed by atoms with Gasteiger partial charge in [-0.2, -0.15) is 0 Å². The summed E-state index contributed by atoms with van der Waals surface area (Å²) in [6.07, 6.45) is 4.28. The van der Waals surface area contributed by atoms with Crippen LogP contribution in [0.3, 0.4) is 0 Å². The molecule has 1 N–H and O–H groups in total. The Morgan fingerprint density at radius 1 is 1.32 bits per heavy atom. The highest BCUT2D eigenvalue weighted by molar-refractivity contribution is 6.05. The van der Waals surface area contributed by atoms with E-state index in [2.05, 4.69) is 32.7 Å². The van der Waals surface area contributed by atoms with Gasteiger partial charge in [0.05, 0.1) is 11.1 Å². The molecule has 0 fully saturated rings. The van der Waals surface area contributed by atoms with Crippen molar-refractivity contribution in [3.05, 3.63) is 53.7 Å². The van der Waals surface area contributed by atoms with Crippen LogP contribution >= 0.6 is 0 Å². The Morgan fingerprint density at radius 2 is 2.07 bits per heavy atom. The number of benzene rings is 1. The van der Waals surface area contributed by atoms with Crippen molar-refractivity contribution in [3.8, 4) is 0 Å². The average Bonchev–Trinajstić information content (AvgIpc) is 2.67. The minimum atomic E-state index is -0.460. The zero-order valence-corrected chi connectivity index (χ0v) is 16.9. The second kappa shape index (κ2) is 8.13. The number of para-hydroxylation sites is 1. The van der Waals surface area contributed by atoms with Gasteiger partial charge in [0.15, 0.2) is 6.61 Å². The van der Waals surface area contributed by atoms with E-state index >= 15 is 0 Å². The number of aryl methyl sites for hydroxylation is 1. The molecule has 1 aromatic carbocycles. The van der Waals surface area contributed by atoms with Crippen molar-refractivity contribution in [3.63, 3.8) is 0 Å². The van der Waals surface area contributed by atoms with E-state index in [1.165, 1.54) is 0 Å². The summed E-state index contributed by atoms with van der Waals surface area (Å²) in [5.74, 6) is -0.336. The van der Waals surface area contributed by atoms with Crippen LogP contribution in [0, 0.1) is 11.3 Å². The van der Waals surface area contributed by atoms with E-state index in [1.807, 2.05) is 24.3 Å². The molecule has 1 heterocycles. The number of carbonyl (C=O) groups excluding carboxylic acids is 2. The Morgan fingerprint density at radius 3 is 2.79 bits per heavy atom. The number of hydrogen-bond acceptors (Lipinski definition) is 4. The van der Waals surface area contributed by atoms with Crippen LogP contribution in [-0.4, -0.2) is 30.0 Å². The van der Waals surface area contributed by atoms with Crippen LogP contribution < -0.4 is 5.32 Å². The fourth-order valence-corrected chi connectivity index (χ4v) is 3.80. The van der Waals surface area contributed by atoms with Gasteiger partial charge in [0.2, 0.25) is 0 Å². The van der Waals surface area contributed by atoms with Gasteiger partial charge in [-0.3, -0.25) is 9.78 Å². The SMILES string of the molecule is C=CCNC(=O)COC(=O)c1c2c(nc3ccccc13)CC[C@H](C(C)(C)C)C2. The molecule has 0 saturated carbocycles. The highest BCUT2D eigenvalue weighted by atomic mass is 16.5. The summed E-state index contributed by atoms with van der Waals surface area (Å²) >= 11 is 0. The van der Waals surface area contributed by atoms with E-state index in [-0.39, 0.29) is 17.9 Å². The molecule has 1 aliphatic carbocycles. The normalized spacial score (nSPS) is 16.3. The lowest BCUT2D eigenvalue weighted by Gasteiger charge is -2.35. The molecule has 0 radical (unpaired) electrons. The van der Waals surface area contributed by atoms with Crippen molar-refractivity contribution in [2.24, 2.45) is 11.3 Å². The molecule has 1 aromatic heterocycles. The second-order valence-corrected chi connectivity index (χ2v) is 8.40. The van der Waals surface area contributed by atoms with E-state index in [4.69, 9.17) is 9.72 Å². The Labute approximate surface area is 166 Å². The zero-order chi connectivity index (χ0) is 20.3. The molecule has 2 aromatic rings. The Balaban J connectivity index is 1.96. The van der Waals surface area contributed by atoms with E-state index in [0.29, 0.717) is 18.0 Å². The molecule has 5 heteroatoms. The van der Waals surface area contributed by atoms with Crippen molar-refractivity contribution < 1.29 is 14.3 Å². The van der Waals surface area contributed by atoms with Gasteiger partial charge in [-0.15, -0.1) is 6.58 Å². The van der Waals surface area contributed by atoms with Crippen molar-refractivity contribution >= 4 is 22.8 Å². The number of rotatable bonds is 5. The molecule has 28 heavy (non-hydrogen) atoms. The predicted octanol–water partition coefficient (Wildman–Crippen LogP) is 3.84. The summed E-state index contributed by atoms with van der Waals surface area (Å²) < 4.78 is 5.37. The number of amides is 1. The first kappa shape index (κ1) is 20.1. The van der Waals surface area contributed by atoms with Crippen molar-refractivity contribution in [1.29, 1.82) is 0 Å². The van der Waals surface area contributed by atoms with E-state index < -0.39 is 5.97 Å². The van der Waals surface area contributed by atoms with Gasteiger partial charge in [0, 0.05) is 17.6 Å². The number of carbonyl (C=O) groups is 2.